The Morgan fingerprint density at radius 2 is 1.77 bits per heavy atom. The van der Waals surface area contributed by atoms with E-state index < -0.39 is 21.2 Å². The number of sulfonamides is 1. The van der Waals surface area contributed by atoms with Gasteiger partial charge in [0.25, 0.3) is 0 Å². The molecule has 8 nitrogen and oxygen atoms in total. The number of allylic oxidation sites excluding steroid dienone is 1. The fourth-order valence-corrected chi connectivity index (χ4v) is 4.41. The van der Waals surface area contributed by atoms with Crippen LogP contribution < -0.4 is 10.0 Å². The number of nitrogens with two attached hydrogens (primary N) is 1. The highest BCUT2D eigenvalue weighted by atomic mass is 32.2. The van der Waals surface area contributed by atoms with Crippen LogP contribution in [0.2, 0.25) is 0 Å². The summed E-state index contributed by atoms with van der Waals surface area (Å²) in [5, 5.41) is 5.26. The smallest absolute Gasteiger partial charge is 0.410 e. The summed E-state index contributed by atoms with van der Waals surface area (Å²) in [7, 11) is -2.16. The number of amides is 1. The predicted molar refractivity (Wildman–Crippen MR) is 120 cm³/mol. The third-order valence-electron chi connectivity index (χ3n) is 5.45. The fourth-order valence-electron chi connectivity index (χ4n) is 3.84. The summed E-state index contributed by atoms with van der Waals surface area (Å²) in [5.74, 6) is 0. The molecular formula is C22H31N3O5S. The second kappa shape index (κ2) is 8.64. The largest absolute Gasteiger partial charge is 0.444 e. The number of nitrogens with zero attached hydrogens (tertiary/aromatic N) is 2. The fraction of sp³-hybridized carbons (Fsp3) is 0.500. The maximum absolute atomic E-state index is 12.4. The van der Waals surface area contributed by atoms with E-state index in [1.54, 1.807) is 24.2 Å². The Morgan fingerprint density at radius 3 is 2.29 bits per heavy atom. The number of ether oxygens (including phenoxy) is 2. The van der Waals surface area contributed by atoms with E-state index in [1.165, 1.54) is 6.08 Å². The van der Waals surface area contributed by atoms with Crippen LogP contribution in [0.15, 0.2) is 47.4 Å². The highest BCUT2D eigenvalue weighted by Gasteiger charge is 2.36. The zero-order chi connectivity index (χ0) is 22.9. The van der Waals surface area contributed by atoms with Gasteiger partial charge in [-0.3, -0.25) is 0 Å². The van der Waals surface area contributed by atoms with Crippen LogP contribution in [0, 0.1) is 0 Å². The van der Waals surface area contributed by atoms with E-state index in [1.807, 2.05) is 45.0 Å². The van der Waals surface area contributed by atoms with Crippen LogP contribution in [0.4, 0.5) is 10.5 Å². The van der Waals surface area contributed by atoms with Crippen molar-refractivity contribution in [3.8, 4) is 0 Å². The monoisotopic (exact) mass is 449 g/mol. The van der Waals surface area contributed by atoms with Gasteiger partial charge in [-0.1, -0.05) is 24.3 Å². The van der Waals surface area contributed by atoms with Crippen molar-refractivity contribution in [2.45, 2.75) is 38.4 Å². The molecule has 1 fully saturated rings. The summed E-state index contributed by atoms with van der Waals surface area (Å²) in [6.07, 6.45) is 4.89. The maximum atomic E-state index is 12.4. The molecular weight excluding hydrogens is 418 g/mol. The van der Waals surface area contributed by atoms with E-state index in [4.69, 9.17) is 14.6 Å². The summed E-state index contributed by atoms with van der Waals surface area (Å²) in [4.78, 5) is 16.4. The first-order valence-corrected chi connectivity index (χ1v) is 11.8. The molecule has 1 unspecified atom stereocenters. The lowest BCUT2D eigenvalue weighted by molar-refractivity contribution is 0.0234. The van der Waals surface area contributed by atoms with Gasteiger partial charge in [0.1, 0.15) is 11.2 Å². The molecule has 0 saturated carbocycles. The lowest BCUT2D eigenvalue weighted by Crippen LogP contribution is -2.50. The van der Waals surface area contributed by atoms with Gasteiger partial charge in [-0.15, -0.1) is 0 Å². The third-order valence-corrected chi connectivity index (χ3v) is 6.41. The van der Waals surface area contributed by atoms with Crippen molar-refractivity contribution in [2.75, 3.05) is 38.2 Å². The second-order valence-electron chi connectivity index (χ2n) is 8.75. The van der Waals surface area contributed by atoms with Crippen molar-refractivity contribution in [1.82, 2.24) is 4.90 Å². The number of piperazine rings is 1. The van der Waals surface area contributed by atoms with Crippen molar-refractivity contribution in [3.63, 3.8) is 0 Å². The standard InChI is InChI=1S/C22H31N3O5S/c1-21(2,3)30-20(26)25-15-13-24(14-16-25)19-8-6-5-7-18(19)22(29-4)11-9-17(10-12-22)31(23,27)28/h5-11H,12-16H2,1-4H3,(H2,23,27,28). The van der Waals surface area contributed by atoms with Gasteiger partial charge in [0, 0.05) is 51.0 Å². The number of benzene rings is 1. The van der Waals surface area contributed by atoms with E-state index in [0.29, 0.717) is 32.6 Å². The lowest BCUT2D eigenvalue weighted by atomic mass is 9.85. The number of hydrogen-bond donors (Lipinski definition) is 1. The lowest BCUT2D eigenvalue weighted by Gasteiger charge is -2.40. The van der Waals surface area contributed by atoms with Crippen LogP contribution in [0.1, 0.15) is 32.8 Å². The summed E-state index contributed by atoms with van der Waals surface area (Å²) in [5.41, 5.74) is 0.601. The van der Waals surface area contributed by atoms with E-state index in [2.05, 4.69) is 4.90 Å². The molecule has 0 bridgehead atoms. The van der Waals surface area contributed by atoms with Crippen LogP contribution in [-0.2, 0) is 25.1 Å². The summed E-state index contributed by atoms with van der Waals surface area (Å²) >= 11 is 0. The molecule has 9 heteroatoms. The molecule has 2 N–H and O–H groups in total. The van der Waals surface area contributed by atoms with Gasteiger partial charge in [-0.05, 0) is 39.0 Å². The minimum Gasteiger partial charge on any atom is -0.444 e. The van der Waals surface area contributed by atoms with Crippen LogP contribution in [0.5, 0.6) is 0 Å². The Bertz CT molecular complexity index is 989. The minimum atomic E-state index is -3.77. The van der Waals surface area contributed by atoms with Gasteiger partial charge in [0.05, 0.1) is 4.91 Å². The van der Waals surface area contributed by atoms with Crippen molar-refractivity contribution in [3.05, 3.63) is 53.0 Å². The molecule has 1 amide bonds. The molecule has 0 aromatic heterocycles. The first kappa shape index (κ1) is 23.3. The number of anilines is 1. The number of hydrogen-bond acceptors (Lipinski definition) is 6. The van der Waals surface area contributed by atoms with Crippen LogP contribution in [0.3, 0.4) is 0 Å². The molecule has 0 radical (unpaired) electrons. The Hall–Kier alpha value is -2.36. The first-order valence-electron chi connectivity index (χ1n) is 10.2. The normalized spacial score (nSPS) is 22.3. The first-order chi connectivity index (χ1) is 14.5. The van der Waals surface area contributed by atoms with Crippen molar-refractivity contribution in [1.29, 1.82) is 0 Å². The number of carbonyl (C=O) groups is 1. The molecule has 170 valence electrons. The minimum absolute atomic E-state index is 0.0867. The Kier molecular flexibility index (Phi) is 6.50. The molecule has 1 aromatic rings. The quantitative estimate of drug-likeness (QED) is 0.758. The van der Waals surface area contributed by atoms with Crippen molar-refractivity contribution in [2.24, 2.45) is 5.14 Å². The Morgan fingerprint density at radius 1 is 1.13 bits per heavy atom. The zero-order valence-electron chi connectivity index (χ0n) is 18.5. The van der Waals surface area contributed by atoms with Crippen molar-refractivity contribution < 1.29 is 22.7 Å². The predicted octanol–water partition coefficient (Wildman–Crippen LogP) is 2.72. The van der Waals surface area contributed by atoms with E-state index in [9.17, 15) is 13.2 Å². The molecule has 3 rings (SSSR count). The maximum Gasteiger partial charge on any atom is 0.410 e. The van der Waals surface area contributed by atoms with Gasteiger partial charge in [0.2, 0.25) is 10.0 Å². The van der Waals surface area contributed by atoms with E-state index in [0.717, 1.165) is 11.3 Å². The van der Waals surface area contributed by atoms with Gasteiger partial charge >= 0.3 is 6.09 Å². The second-order valence-corrected chi connectivity index (χ2v) is 10.3. The topological polar surface area (TPSA) is 102 Å². The highest BCUT2D eigenvalue weighted by molar-refractivity contribution is 7.93. The molecule has 1 atom stereocenters. The molecule has 1 saturated heterocycles. The number of methoxy groups -OCH3 is 1. The van der Waals surface area contributed by atoms with Crippen molar-refractivity contribution >= 4 is 21.8 Å². The van der Waals surface area contributed by atoms with E-state index in [-0.39, 0.29) is 11.0 Å². The van der Waals surface area contributed by atoms with E-state index >= 15 is 0 Å². The Balaban J connectivity index is 1.80. The average Bonchev–Trinajstić information content (AvgIpc) is 2.72. The Labute approximate surface area is 184 Å². The SMILES string of the molecule is COC1(c2ccccc2N2CCN(C(=O)OC(C)(C)C)CC2)C=CC(S(N)(=O)=O)=CC1. The molecule has 31 heavy (non-hydrogen) atoms. The molecule has 1 aromatic carbocycles. The van der Waals surface area contributed by atoms with Gasteiger partial charge in [-0.25, -0.2) is 18.4 Å². The summed E-state index contributed by atoms with van der Waals surface area (Å²) in [6, 6.07) is 7.90. The average molecular weight is 450 g/mol. The summed E-state index contributed by atoms with van der Waals surface area (Å²) < 4.78 is 34.7. The molecule has 1 heterocycles. The number of rotatable bonds is 4. The third kappa shape index (κ3) is 5.28. The highest BCUT2D eigenvalue weighted by Crippen LogP contribution is 2.40. The van der Waals surface area contributed by atoms with Crippen LogP contribution in [-0.4, -0.2) is 58.3 Å². The molecule has 0 spiro atoms. The van der Waals surface area contributed by atoms with Gasteiger partial charge < -0.3 is 19.3 Å². The van der Waals surface area contributed by atoms with Gasteiger partial charge in [0.15, 0.2) is 0 Å². The molecule has 2 aliphatic rings. The molecule has 1 aliphatic carbocycles. The van der Waals surface area contributed by atoms with Crippen LogP contribution >= 0.6 is 0 Å². The van der Waals surface area contributed by atoms with Crippen LogP contribution in [0.25, 0.3) is 0 Å². The number of para-hydroxylation sites is 1. The summed E-state index contributed by atoms with van der Waals surface area (Å²) in [6.45, 7) is 7.97. The molecule has 1 aliphatic heterocycles. The number of carbonyl (C=O) groups excluding carboxylic acids is 1. The number of primary sulfonamides is 1. The van der Waals surface area contributed by atoms with Gasteiger partial charge in [-0.2, -0.15) is 0 Å². The zero-order valence-corrected chi connectivity index (χ0v) is 19.3.